The van der Waals surface area contributed by atoms with Gasteiger partial charge in [0.1, 0.15) is 23.1 Å². The van der Waals surface area contributed by atoms with E-state index in [1.165, 1.54) is 11.1 Å². The number of H-pyrrole nitrogens is 1. The highest BCUT2D eigenvalue weighted by Gasteiger charge is 2.48. The molecule has 0 radical (unpaired) electrons. The van der Waals surface area contributed by atoms with Crippen molar-refractivity contribution in [3.63, 3.8) is 0 Å². The molecule has 9 nitrogen and oxygen atoms in total. The van der Waals surface area contributed by atoms with Crippen LogP contribution >= 0.6 is 0 Å². The minimum atomic E-state index is -4.76. The van der Waals surface area contributed by atoms with Crippen LogP contribution in [0.2, 0.25) is 0 Å². The minimum absolute atomic E-state index is 0.132. The predicted octanol–water partition coefficient (Wildman–Crippen LogP) is 3.36. The fourth-order valence-electron chi connectivity index (χ4n) is 4.06. The van der Waals surface area contributed by atoms with Gasteiger partial charge in [0, 0.05) is 33.0 Å². The Morgan fingerprint density at radius 2 is 2.06 bits per heavy atom. The Morgan fingerprint density at radius 1 is 1.34 bits per heavy atom. The van der Waals surface area contributed by atoms with Crippen LogP contribution in [-0.4, -0.2) is 62.6 Å². The number of nitrogens with one attached hydrogen (secondary N) is 2. The van der Waals surface area contributed by atoms with Crippen LogP contribution in [0.15, 0.2) is 29.5 Å². The van der Waals surface area contributed by atoms with Gasteiger partial charge in [0.2, 0.25) is 0 Å². The molecule has 0 saturated carbocycles. The molecular formula is C21H22F5N7O2. The molecule has 1 saturated heterocycles. The first-order chi connectivity index (χ1) is 16.3. The van der Waals surface area contributed by atoms with E-state index < -0.39 is 47.5 Å². The highest BCUT2D eigenvalue weighted by Crippen LogP contribution is 2.34. The number of urea groups is 1. The summed E-state index contributed by atoms with van der Waals surface area (Å²) in [5.74, 6) is -3.12. The molecule has 14 heteroatoms. The second kappa shape index (κ2) is 8.50. The first-order valence-electron chi connectivity index (χ1n) is 10.5. The van der Waals surface area contributed by atoms with Crippen LogP contribution in [0, 0.1) is 6.92 Å². The lowest BCUT2D eigenvalue weighted by molar-refractivity contribution is -0.138. The molecule has 0 aromatic carbocycles. The first-order valence-corrected chi connectivity index (χ1v) is 10.5. The second-order valence-corrected chi connectivity index (χ2v) is 8.48. The van der Waals surface area contributed by atoms with Gasteiger partial charge in [-0.3, -0.25) is 4.79 Å². The maximum Gasteiger partial charge on any atom is 0.417 e. The van der Waals surface area contributed by atoms with Crippen molar-refractivity contribution in [2.45, 2.75) is 31.5 Å². The van der Waals surface area contributed by atoms with E-state index in [-0.39, 0.29) is 18.8 Å². The van der Waals surface area contributed by atoms with Crippen molar-refractivity contribution in [1.82, 2.24) is 24.4 Å². The topological polar surface area (TPSA) is 99.1 Å². The molecule has 2 N–H and O–H groups in total. The van der Waals surface area contributed by atoms with Crippen LogP contribution in [0.25, 0.3) is 11.2 Å². The van der Waals surface area contributed by atoms with Gasteiger partial charge in [0.05, 0.1) is 18.3 Å². The van der Waals surface area contributed by atoms with Crippen molar-refractivity contribution >= 4 is 28.7 Å². The Kier molecular flexibility index (Phi) is 5.93. The maximum absolute atomic E-state index is 15.1. The Labute approximate surface area is 195 Å². The standard InChI is InChI=1S/C21H22F5N7O2/c1-11-7-27-17-16(11)30-15(8-28-17)33-5-4-14(20(22,23)10-33)32(3)19(35)29-13-6-12(21(24,25)26)9-31(2)18(13)34/h6-9,14H,4-5,10H2,1-3H3,(H,27,28)(H,29,35). The summed E-state index contributed by atoms with van der Waals surface area (Å²) in [5, 5.41) is 2.05. The quantitative estimate of drug-likeness (QED) is 0.539. The lowest BCUT2D eigenvalue weighted by atomic mass is 9.99. The molecule has 1 fully saturated rings. The van der Waals surface area contributed by atoms with Crippen molar-refractivity contribution in [1.29, 1.82) is 0 Å². The lowest BCUT2D eigenvalue weighted by Crippen LogP contribution is -2.59. The molecule has 0 bridgehead atoms. The molecule has 1 atom stereocenters. The largest absolute Gasteiger partial charge is 0.417 e. The predicted molar refractivity (Wildman–Crippen MR) is 118 cm³/mol. The molecular weight excluding hydrogens is 477 g/mol. The number of carbonyl (C=O) groups is 1. The number of anilines is 2. The number of aromatic amines is 1. The molecule has 4 heterocycles. The molecule has 35 heavy (non-hydrogen) atoms. The van der Waals surface area contributed by atoms with Gasteiger partial charge in [0.15, 0.2) is 5.65 Å². The molecule has 188 valence electrons. The number of hydrogen-bond donors (Lipinski definition) is 2. The monoisotopic (exact) mass is 499 g/mol. The normalized spacial score (nSPS) is 18.1. The summed E-state index contributed by atoms with van der Waals surface area (Å²) >= 11 is 0. The smallest absolute Gasteiger partial charge is 0.349 e. The third kappa shape index (κ3) is 4.64. The Balaban J connectivity index is 1.51. The van der Waals surface area contributed by atoms with Gasteiger partial charge in [-0.2, -0.15) is 13.2 Å². The van der Waals surface area contributed by atoms with Gasteiger partial charge in [-0.15, -0.1) is 0 Å². The molecule has 3 aromatic rings. The van der Waals surface area contributed by atoms with E-state index in [0.29, 0.717) is 32.9 Å². The highest BCUT2D eigenvalue weighted by atomic mass is 19.4. The van der Waals surface area contributed by atoms with E-state index in [9.17, 15) is 22.8 Å². The summed E-state index contributed by atoms with van der Waals surface area (Å²) in [7, 11) is 2.20. The average Bonchev–Trinajstić information content (AvgIpc) is 3.15. The Hall–Kier alpha value is -3.71. The number of aromatic nitrogens is 4. The van der Waals surface area contributed by atoms with Gasteiger partial charge in [0.25, 0.3) is 11.5 Å². The van der Waals surface area contributed by atoms with E-state index in [0.717, 1.165) is 19.7 Å². The number of alkyl halides is 5. The molecule has 1 aliphatic heterocycles. The van der Waals surface area contributed by atoms with Crippen LogP contribution in [0.3, 0.4) is 0 Å². The van der Waals surface area contributed by atoms with Crippen LogP contribution < -0.4 is 15.8 Å². The average molecular weight is 499 g/mol. The zero-order valence-electron chi connectivity index (χ0n) is 19.0. The fraction of sp³-hybridized carbons (Fsp3) is 0.429. The van der Waals surface area contributed by atoms with E-state index in [1.807, 2.05) is 12.2 Å². The number of hydrogen-bond acceptors (Lipinski definition) is 5. The molecule has 1 aliphatic rings. The van der Waals surface area contributed by atoms with Crippen LogP contribution in [0.1, 0.15) is 17.5 Å². The summed E-state index contributed by atoms with van der Waals surface area (Å²) in [5.41, 5.74) is -0.821. The Bertz CT molecular complexity index is 1330. The van der Waals surface area contributed by atoms with Crippen LogP contribution in [-0.2, 0) is 13.2 Å². The summed E-state index contributed by atoms with van der Waals surface area (Å²) in [6.45, 7) is 1.19. The van der Waals surface area contributed by atoms with Crippen molar-refractivity contribution < 1.29 is 26.7 Å². The van der Waals surface area contributed by atoms with Crippen molar-refractivity contribution in [2.75, 3.05) is 30.4 Å². The molecule has 0 spiro atoms. The lowest BCUT2D eigenvalue weighted by Gasteiger charge is -2.42. The van der Waals surface area contributed by atoms with Crippen molar-refractivity contribution in [3.05, 3.63) is 46.1 Å². The summed E-state index contributed by atoms with van der Waals surface area (Å²) in [6.07, 6.45) is -1.24. The number of amides is 2. The molecule has 2 amide bonds. The second-order valence-electron chi connectivity index (χ2n) is 8.48. The Morgan fingerprint density at radius 3 is 2.71 bits per heavy atom. The van der Waals surface area contributed by atoms with Gasteiger partial charge < -0.3 is 24.7 Å². The van der Waals surface area contributed by atoms with Crippen molar-refractivity contribution in [2.24, 2.45) is 7.05 Å². The number of rotatable bonds is 3. The number of piperidine rings is 1. The number of carbonyl (C=O) groups excluding carboxylic acids is 1. The first kappa shape index (κ1) is 24.4. The van der Waals surface area contributed by atoms with Gasteiger partial charge in [-0.05, 0) is 25.0 Å². The third-order valence-electron chi connectivity index (χ3n) is 5.98. The number of halogens is 5. The molecule has 1 unspecified atom stereocenters. The van der Waals surface area contributed by atoms with E-state index in [1.54, 1.807) is 6.20 Å². The van der Waals surface area contributed by atoms with Gasteiger partial charge >= 0.3 is 12.2 Å². The highest BCUT2D eigenvalue weighted by molar-refractivity contribution is 5.89. The molecule has 3 aromatic heterocycles. The third-order valence-corrected chi connectivity index (χ3v) is 5.98. The summed E-state index contributed by atoms with van der Waals surface area (Å²) in [6, 6.07) is -2.20. The molecule has 4 rings (SSSR count). The van der Waals surface area contributed by atoms with Crippen LogP contribution in [0.4, 0.5) is 38.3 Å². The summed E-state index contributed by atoms with van der Waals surface area (Å²) < 4.78 is 70.1. The van der Waals surface area contributed by atoms with E-state index in [2.05, 4.69) is 15.0 Å². The van der Waals surface area contributed by atoms with Crippen LogP contribution in [0.5, 0.6) is 0 Å². The fourth-order valence-corrected chi connectivity index (χ4v) is 4.06. The number of aryl methyl sites for hydroxylation is 2. The maximum atomic E-state index is 15.1. The van der Waals surface area contributed by atoms with E-state index in [4.69, 9.17) is 0 Å². The number of pyridine rings is 1. The zero-order chi connectivity index (χ0) is 25.7. The minimum Gasteiger partial charge on any atom is -0.349 e. The van der Waals surface area contributed by atoms with Crippen molar-refractivity contribution in [3.8, 4) is 0 Å². The number of nitrogens with zero attached hydrogens (tertiary/aromatic N) is 5. The van der Waals surface area contributed by atoms with E-state index >= 15 is 8.78 Å². The van der Waals surface area contributed by atoms with Gasteiger partial charge in [-0.25, -0.2) is 23.5 Å². The summed E-state index contributed by atoms with van der Waals surface area (Å²) in [4.78, 5) is 38.5. The molecule has 0 aliphatic carbocycles. The zero-order valence-corrected chi connectivity index (χ0v) is 19.0. The number of fused-ring (bicyclic) bond motifs is 1. The van der Waals surface area contributed by atoms with Gasteiger partial charge in [-0.1, -0.05) is 0 Å². The SMILES string of the molecule is Cc1c[nH]c2ncc(N3CCC(N(C)C(=O)Nc4cc(C(F)(F)F)cn(C)c4=O)C(F)(F)C3)nc12.